The molecule has 3 atom stereocenters. The van der Waals surface area contributed by atoms with E-state index in [1.54, 1.807) is 7.11 Å². The molecule has 0 bridgehead atoms. The van der Waals surface area contributed by atoms with E-state index in [2.05, 4.69) is 20.9 Å². The van der Waals surface area contributed by atoms with Crippen LogP contribution in [0.1, 0.15) is 44.6 Å². The topological polar surface area (TPSA) is 137 Å². The minimum atomic E-state index is -0.770. The predicted octanol–water partition coefficient (Wildman–Crippen LogP) is 4.61. The first-order valence-electron chi connectivity index (χ1n) is 13.6. The molecule has 3 aliphatic rings. The number of ether oxygens (including phenoxy) is 3. The van der Waals surface area contributed by atoms with Crippen molar-refractivity contribution in [2.45, 2.75) is 54.2 Å². The second-order valence-corrected chi connectivity index (χ2v) is 12.1. The summed E-state index contributed by atoms with van der Waals surface area (Å²) in [5.74, 6) is 1.94. The van der Waals surface area contributed by atoms with Crippen LogP contribution in [0.25, 0.3) is 0 Å². The van der Waals surface area contributed by atoms with Crippen LogP contribution in [-0.4, -0.2) is 49.0 Å². The molecule has 2 aromatic rings. The maximum atomic E-state index is 12.5. The second-order valence-electron chi connectivity index (χ2n) is 10.6. The number of nitroso groups, excluding NO2 is 1. The highest BCUT2D eigenvalue weighted by molar-refractivity contribution is 8.01. The van der Waals surface area contributed by atoms with Crippen LogP contribution in [0.15, 0.2) is 68.9 Å². The van der Waals surface area contributed by atoms with Gasteiger partial charge in [0, 0.05) is 35.7 Å². The number of carbonyl (C=O) groups is 1. The molecule has 2 aliphatic heterocycles. The summed E-state index contributed by atoms with van der Waals surface area (Å²) in [6, 6.07) is 15.5. The van der Waals surface area contributed by atoms with E-state index in [4.69, 9.17) is 19.9 Å². The Morgan fingerprint density at radius 1 is 1.12 bits per heavy atom. The largest absolute Gasteiger partial charge is 0.497 e. The molecule has 0 aromatic heterocycles. The number of benzene rings is 2. The van der Waals surface area contributed by atoms with Crippen molar-refractivity contribution in [1.29, 1.82) is 0 Å². The van der Waals surface area contributed by atoms with Gasteiger partial charge in [-0.3, -0.25) is 4.79 Å². The van der Waals surface area contributed by atoms with E-state index in [-0.39, 0.29) is 5.91 Å². The summed E-state index contributed by atoms with van der Waals surface area (Å²) in [7, 11) is 1.65. The van der Waals surface area contributed by atoms with E-state index in [9.17, 15) is 9.70 Å². The van der Waals surface area contributed by atoms with Crippen molar-refractivity contribution >= 4 is 29.1 Å². The van der Waals surface area contributed by atoms with Crippen molar-refractivity contribution < 1.29 is 19.0 Å². The number of nitrogens with two attached hydrogens (primary N) is 1. The highest BCUT2D eigenvalue weighted by atomic mass is 32.2. The van der Waals surface area contributed by atoms with Crippen LogP contribution in [0.4, 0.5) is 0 Å². The van der Waals surface area contributed by atoms with E-state index >= 15 is 0 Å². The number of methoxy groups -OCH3 is 1. The zero-order valence-corrected chi connectivity index (χ0v) is 23.6. The smallest absolute Gasteiger partial charge is 0.259 e. The molecule has 11 heteroatoms. The van der Waals surface area contributed by atoms with Crippen molar-refractivity contribution in [2.75, 3.05) is 26.9 Å². The van der Waals surface area contributed by atoms with Crippen molar-refractivity contribution in [3.8, 4) is 11.5 Å². The van der Waals surface area contributed by atoms with Gasteiger partial charge in [-0.05, 0) is 81.0 Å². The quantitative estimate of drug-likeness (QED) is 0.218. The highest BCUT2D eigenvalue weighted by Gasteiger charge is 2.51. The zero-order valence-electron chi connectivity index (χ0n) is 22.8. The molecule has 1 aliphatic carbocycles. The lowest BCUT2D eigenvalue weighted by Crippen LogP contribution is -2.46. The van der Waals surface area contributed by atoms with Gasteiger partial charge in [-0.25, -0.2) is 5.43 Å². The molecule has 40 heavy (non-hydrogen) atoms. The maximum Gasteiger partial charge on any atom is 0.259 e. The SMILES string of the molecule is COc1ccc(C(C)(N)C2=NN=C(CCCOc3ccc(SC4(C(=O)NN=O)CCOCC4)cc3)C3C[C@@H]23)cc1. The maximum absolute atomic E-state index is 12.5. The first-order valence-corrected chi connectivity index (χ1v) is 14.4. The molecular weight excluding hydrogens is 530 g/mol. The summed E-state index contributed by atoms with van der Waals surface area (Å²) >= 11 is 1.43. The molecule has 0 radical (unpaired) electrons. The van der Waals surface area contributed by atoms with E-state index in [0.29, 0.717) is 44.5 Å². The Kier molecular flexibility index (Phi) is 8.53. The summed E-state index contributed by atoms with van der Waals surface area (Å²) in [6.45, 7) is 3.50. The normalized spacial score (nSPS) is 22.6. The molecule has 2 heterocycles. The summed E-state index contributed by atoms with van der Waals surface area (Å²) in [4.78, 5) is 24.1. The molecule has 1 saturated carbocycles. The number of hydrogen-bond donors (Lipinski definition) is 2. The molecule has 10 nitrogen and oxygen atoms in total. The van der Waals surface area contributed by atoms with Crippen molar-refractivity contribution in [2.24, 2.45) is 33.1 Å². The monoisotopic (exact) mass is 565 g/mol. The van der Waals surface area contributed by atoms with Crippen molar-refractivity contribution in [3.63, 3.8) is 0 Å². The van der Waals surface area contributed by atoms with Crippen LogP contribution in [0.2, 0.25) is 0 Å². The van der Waals surface area contributed by atoms with Crippen LogP contribution in [0.3, 0.4) is 0 Å². The second kappa shape index (κ2) is 12.1. The molecule has 0 spiro atoms. The van der Waals surface area contributed by atoms with Crippen molar-refractivity contribution in [3.05, 3.63) is 59.0 Å². The van der Waals surface area contributed by atoms with Crippen LogP contribution >= 0.6 is 11.8 Å². The van der Waals surface area contributed by atoms with Gasteiger partial charge in [0.05, 0.1) is 30.3 Å². The Bertz CT molecular complexity index is 1270. The predicted molar refractivity (Wildman–Crippen MR) is 155 cm³/mol. The number of amides is 1. The third-order valence-electron chi connectivity index (χ3n) is 7.92. The number of rotatable bonds is 12. The number of thioether (sulfide) groups is 1. The van der Waals surface area contributed by atoms with Gasteiger partial charge in [0.15, 0.2) is 0 Å². The van der Waals surface area contributed by atoms with Crippen LogP contribution in [0.5, 0.6) is 11.5 Å². The molecule has 2 aromatic carbocycles. The molecule has 1 saturated heterocycles. The Labute approximate surface area is 238 Å². The molecule has 2 fully saturated rings. The Balaban J connectivity index is 1.12. The van der Waals surface area contributed by atoms with Gasteiger partial charge in [0.2, 0.25) is 0 Å². The van der Waals surface area contributed by atoms with E-state index in [1.807, 2.05) is 55.5 Å². The Morgan fingerprint density at radius 3 is 2.50 bits per heavy atom. The number of fused-ring (bicyclic) bond motifs is 1. The number of carbonyl (C=O) groups excluding carboxylic acids is 1. The fourth-order valence-corrected chi connectivity index (χ4v) is 6.67. The molecule has 3 N–H and O–H groups in total. The highest BCUT2D eigenvalue weighted by Crippen LogP contribution is 2.48. The van der Waals surface area contributed by atoms with Crippen molar-refractivity contribution in [1.82, 2.24) is 5.43 Å². The summed E-state index contributed by atoms with van der Waals surface area (Å²) < 4.78 is 15.9. The number of nitrogens with zero attached hydrogens (tertiary/aromatic N) is 3. The Hall–Kier alpha value is -3.28. The zero-order chi connectivity index (χ0) is 28.2. The summed E-state index contributed by atoms with van der Waals surface area (Å²) in [5.41, 5.74) is 11.2. The average Bonchev–Trinajstić information content (AvgIpc) is 3.78. The first kappa shape index (κ1) is 28.3. The third kappa shape index (κ3) is 6.06. The molecule has 2 unspecified atom stereocenters. The molecule has 5 rings (SSSR count). The fraction of sp³-hybridized carbons (Fsp3) is 0.483. The Morgan fingerprint density at radius 2 is 1.82 bits per heavy atom. The van der Waals surface area contributed by atoms with Gasteiger partial charge >= 0.3 is 0 Å². The van der Waals surface area contributed by atoms with Gasteiger partial charge in [-0.15, -0.1) is 16.7 Å². The van der Waals surface area contributed by atoms with Gasteiger partial charge < -0.3 is 19.9 Å². The lowest BCUT2D eigenvalue weighted by molar-refractivity contribution is -0.125. The van der Waals surface area contributed by atoms with Gasteiger partial charge in [0.25, 0.3) is 5.91 Å². The summed E-state index contributed by atoms with van der Waals surface area (Å²) in [6.07, 6.45) is 3.74. The number of hydrogen-bond acceptors (Lipinski definition) is 10. The van der Waals surface area contributed by atoms with Gasteiger partial charge in [0.1, 0.15) is 16.2 Å². The van der Waals surface area contributed by atoms with Gasteiger partial charge in [-0.2, -0.15) is 10.2 Å². The molecule has 212 valence electrons. The van der Waals surface area contributed by atoms with E-state index in [0.717, 1.165) is 52.6 Å². The lowest BCUT2D eigenvalue weighted by Gasteiger charge is -2.34. The van der Waals surface area contributed by atoms with Crippen LogP contribution in [-0.2, 0) is 15.1 Å². The van der Waals surface area contributed by atoms with Gasteiger partial charge in [-0.1, -0.05) is 12.1 Å². The summed E-state index contributed by atoms with van der Waals surface area (Å²) in [5, 5.41) is 11.8. The lowest BCUT2D eigenvalue weighted by atomic mass is 9.84. The third-order valence-corrected chi connectivity index (χ3v) is 9.41. The van der Waals surface area contributed by atoms with E-state index < -0.39 is 10.3 Å². The van der Waals surface area contributed by atoms with Crippen LogP contribution in [0, 0.1) is 16.7 Å². The molecule has 1 amide bonds. The standard InChI is InChI=1S/C29H35N5O5S/c1-28(30,19-5-7-20(37-2)8-6-19)26-24-18-23(24)25(31-32-26)4-3-15-39-21-9-11-22(12-10-21)40-29(27(35)33-34-36)13-16-38-17-14-29/h5-12,23-24H,3-4,13-18,30H2,1-2H3,(H,33,35,36)/t23?,24-,28?/m1/s1. The average molecular weight is 566 g/mol. The molecular formula is C29H35N5O5S. The van der Waals surface area contributed by atoms with Crippen LogP contribution < -0.4 is 20.6 Å². The van der Waals surface area contributed by atoms with E-state index in [1.165, 1.54) is 11.8 Å². The fourth-order valence-electron chi connectivity index (χ4n) is 5.43. The minimum Gasteiger partial charge on any atom is -0.497 e. The minimum absolute atomic E-state index is 0.346. The number of nitrogens with one attached hydrogen (secondary N) is 1. The first-order chi connectivity index (χ1) is 19.4.